The second-order valence-electron chi connectivity index (χ2n) is 8.87. The fraction of sp³-hybridized carbons (Fsp3) is 0.333. The molecule has 0 spiro atoms. The van der Waals surface area contributed by atoms with Crippen LogP contribution in [-0.2, 0) is 6.54 Å². The third kappa shape index (κ3) is 6.71. The number of hydrogen-bond donors (Lipinski definition) is 2. The number of aromatic nitrogens is 7. The SMILES string of the molecule is C/C=C\C(=C/C)n1nc(C)c(C(=O)N2CCC(c3cc[nH]ncc(Br)c(NCc4cccnc4)n3)CC2)n1. The maximum absolute atomic E-state index is 13.3. The Morgan fingerprint density at radius 1 is 1.21 bits per heavy atom. The molecule has 1 amide bonds. The molecule has 11 heteroatoms. The molecule has 3 aromatic rings. The quantitative estimate of drug-likeness (QED) is 0.377. The summed E-state index contributed by atoms with van der Waals surface area (Å²) >= 11 is 3.59. The average Bonchev–Trinajstić information content (AvgIpc) is 3.36. The lowest BCUT2D eigenvalue weighted by molar-refractivity contribution is 0.0705. The Labute approximate surface area is 230 Å². The Kier molecular flexibility index (Phi) is 9.36. The van der Waals surface area contributed by atoms with Crippen LogP contribution < -0.4 is 5.32 Å². The maximum atomic E-state index is 13.3. The zero-order chi connectivity index (χ0) is 26.9. The van der Waals surface area contributed by atoms with Gasteiger partial charge in [0.25, 0.3) is 5.91 Å². The fourth-order valence-corrected chi connectivity index (χ4v) is 4.58. The summed E-state index contributed by atoms with van der Waals surface area (Å²) in [5, 5.41) is 19.5. The van der Waals surface area contributed by atoms with Crippen molar-refractivity contribution in [3.63, 3.8) is 0 Å². The molecule has 4 rings (SSSR count). The summed E-state index contributed by atoms with van der Waals surface area (Å²) in [6.07, 6.45) is 14.4. The van der Waals surface area contributed by atoms with Crippen molar-refractivity contribution in [1.82, 2.24) is 40.1 Å². The number of allylic oxidation sites excluding steroid dienone is 4. The van der Waals surface area contributed by atoms with Crippen LogP contribution in [-0.4, -0.2) is 59.1 Å². The van der Waals surface area contributed by atoms with E-state index in [9.17, 15) is 4.79 Å². The molecule has 0 bridgehead atoms. The van der Waals surface area contributed by atoms with Crippen molar-refractivity contribution in [2.45, 2.75) is 46.1 Å². The predicted molar refractivity (Wildman–Crippen MR) is 151 cm³/mol. The summed E-state index contributed by atoms with van der Waals surface area (Å²) in [7, 11) is 0. The van der Waals surface area contributed by atoms with Crippen LogP contribution in [0, 0.1) is 6.92 Å². The number of H-pyrrole nitrogens is 1. The molecule has 1 fully saturated rings. The molecule has 10 nitrogen and oxygen atoms in total. The van der Waals surface area contributed by atoms with E-state index in [0.717, 1.165) is 34.3 Å². The number of piperidine rings is 1. The summed E-state index contributed by atoms with van der Waals surface area (Å²) in [4.78, 5) is 25.8. The van der Waals surface area contributed by atoms with Crippen molar-refractivity contribution in [2.75, 3.05) is 18.4 Å². The van der Waals surface area contributed by atoms with Crippen molar-refractivity contribution in [3.05, 3.63) is 88.3 Å². The normalized spacial score (nSPS) is 14.5. The van der Waals surface area contributed by atoms with E-state index in [2.05, 4.69) is 46.6 Å². The largest absolute Gasteiger partial charge is 0.365 e. The standard InChI is InChI=1S/C27H32BrN9O/c1-4-7-22(5-2)37-34-19(3)25(35-37)27(38)36-14-10-21(11-15-36)24-9-13-31-32-18-23(28)26(33-24)30-17-20-8-6-12-29-16-20/h4-9,12-13,16,18,21,30-31H,10-11,14-15,17H2,1-3H3/b7-4-,13-9?,22-5+,26-23?,32-18?,33-24?. The molecule has 0 atom stereocenters. The van der Waals surface area contributed by atoms with Gasteiger partial charge in [0.15, 0.2) is 5.69 Å². The van der Waals surface area contributed by atoms with Gasteiger partial charge in [-0.25, -0.2) is 4.98 Å². The molecule has 198 valence electrons. The van der Waals surface area contributed by atoms with Gasteiger partial charge in [0, 0.05) is 49.8 Å². The Morgan fingerprint density at radius 3 is 2.74 bits per heavy atom. The first-order chi connectivity index (χ1) is 18.5. The van der Waals surface area contributed by atoms with E-state index in [1.165, 1.54) is 4.80 Å². The molecule has 1 saturated heterocycles. The third-order valence-corrected chi connectivity index (χ3v) is 6.86. The highest BCUT2D eigenvalue weighted by molar-refractivity contribution is 9.10. The minimum atomic E-state index is -0.0911. The monoisotopic (exact) mass is 577 g/mol. The minimum absolute atomic E-state index is 0.0911. The smallest absolute Gasteiger partial charge is 0.276 e. The molecule has 0 aromatic carbocycles. The number of carbonyl (C=O) groups excluding carboxylic acids is 1. The number of carbonyl (C=O) groups is 1. The second kappa shape index (κ2) is 13.1. The van der Waals surface area contributed by atoms with Crippen molar-refractivity contribution in [2.24, 2.45) is 0 Å². The Bertz CT molecular complexity index is 1350. The number of hydrogen-bond acceptors (Lipinski definition) is 7. The van der Waals surface area contributed by atoms with Gasteiger partial charge in [-0.05, 0) is 73.3 Å². The number of rotatable bonds is 7. The second-order valence-corrected chi connectivity index (χ2v) is 9.73. The number of likely N-dealkylation sites (tertiary alicyclic amines) is 1. The topological polar surface area (TPSA) is 118 Å². The van der Waals surface area contributed by atoms with Crippen LogP contribution in [0.1, 0.15) is 60.0 Å². The summed E-state index contributed by atoms with van der Waals surface area (Å²) in [6, 6.07) is 5.87. The Hall–Kier alpha value is -3.86. The van der Waals surface area contributed by atoms with E-state index in [4.69, 9.17) is 4.98 Å². The van der Waals surface area contributed by atoms with Crippen LogP contribution in [0.2, 0.25) is 0 Å². The van der Waals surface area contributed by atoms with Crippen LogP contribution in [0.5, 0.6) is 0 Å². The van der Waals surface area contributed by atoms with E-state index in [1.54, 1.807) is 18.6 Å². The van der Waals surface area contributed by atoms with Gasteiger partial charge in [-0.15, -0.1) is 5.10 Å². The van der Waals surface area contributed by atoms with Crippen LogP contribution in [0.3, 0.4) is 0 Å². The number of halogens is 1. The van der Waals surface area contributed by atoms with Gasteiger partial charge in [-0.3, -0.25) is 14.9 Å². The number of aromatic amines is 1. The van der Waals surface area contributed by atoms with E-state index < -0.39 is 0 Å². The molecule has 4 heterocycles. The number of nitrogens with zero attached hydrogens (tertiary/aromatic N) is 7. The van der Waals surface area contributed by atoms with Crippen LogP contribution in [0.15, 0.2) is 65.7 Å². The lowest BCUT2D eigenvalue weighted by atomic mass is 9.93. The molecule has 0 aliphatic carbocycles. The van der Waals surface area contributed by atoms with Crippen molar-refractivity contribution in [1.29, 1.82) is 0 Å². The average molecular weight is 579 g/mol. The van der Waals surface area contributed by atoms with Gasteiger partial charge in [-0.2, -0.15) is 15.0 Å². The maximum Gasteiger partial charge on any atom is 0.276 e. The van der Waals surface area contributed by atoms with Crippen LogP contribution in [0.25, 0.3) is 5.70 Å². The lowest BCUT2D eigenvalue weighted by Crippen LogP contribution is -2.38. The number of nitrogens with one attached hydrogen (secondary N) is 2. The van der Waals surface area contributed by atoms with E-state index in [-0.39, 0.29) is 11.8 Å². The molecule has 0 unspecified atom stereocenters. The molecule has 1 aliphatic rings. The first-order valence-electron chi connectivity index (χ1n) is 12.6. The molecule has 2 N–H and O–H groups in total. The van der Waals surface area contributed by atoms with Crippen LogP contribution in [0.4, 0.5) is 5.82 Å². The van der Waals surface area contributed by atoms with Gasteiger partial charge < -0.3 is 10.2 Å². The molecule has 0 radical (unpaired) electrons. The van der Waals surface area contributed by atoms with Gasteiger partial charge in [0.2, 0.25) is 0 Å². The predicted octanol–water partition coefficient (Wildman–Crippen LogP) is 5.06. The highest BCUT2D eigenvalue weighted by atomic mass is 79.9. The third-order valence-electron chi connectivity index (χ3n) is 6.28. The van der Waals surface area contributed by atoms with Crippen molar-refractivity contribution >= 4 is 33.4 Å². The zero-order valence-corrected chi connectivity index (χ0v) is 23.4. The Balaban J connectivity index is 1.49. The van der Waals surface area contributed by atoms with E-state index in [0.29, 0.717) is 36.8 Å². The van der Waals surface area contributed by atoms with Crippen molar-refractivity contribution < 1.29 is 4.79 Å². The van der Waals surface area contributed by atoms with Gasteiger partial charge >= 0.3 is 0 Å². The first-order valence-corrected chi connectivity index (χ1v) is 13.4. The number of anilines is 1. The van der Waals surface area contributed by atoms with Crippen molar-refractivity contribution in [3.8, 4) is 0 Å². The van der Waals surface area contributed by atoms with E-state index >= 15 is 0 Å². The molecular formula is C27H32BrN9O. The summed E-state index contributed by atoms with van der Waals surface area (Å²) < 4.78 is 0.736. The summed E-state index contributed by atoms with van der Waals surface area (Å²) in [5.74, 6) is 0.783. The van der Waals surface area contributed by atoms with Gasteiger partial charge in [-0.1, -0.05) is 18.2 Å². The summed E-state index contributed by atoms with van der Waals surface area (Å²) in [5.41, 5.74) is 3.81. The minimum Gasteiger partial charge on any atom is -0.365 e. The molecule has 3 aromatic heterocycles. The van der Waals surface area contributed by atoms with Gasteiger partial charge in [0.1, 0.15) is 5.82 Å². The number of amides is 1. The number of aryl methyl sites for hydroxylation is 1. The van der Waals surface area contributed by atoms with Crippen LogP contribution >= 0.6 is 15.9 Å². The molecule has 0 saturated carbocycles. The highest BCUT2D eigenvalue weighted by Crippen LogP contribution is 2.29. The molecule has 1 aliphatic heterocycles. The summed E-state index contributed by atoms with van der Waals surface area (Å²) in [6.45, 7) is 7.48. The fourth-order valence-electron chi connectivity index (χ4n) is 4.25. The van der Waals surface area contributed by atoms with Gasteiger partial charge in [0.05, 0.1) is 22.1 Å². The number of pyridine rings is 1. The lowest BCUT2D eigenvalue weighted by Gasteiger charge is -2.31. The first kappa shape index (κ1) is 27.2. The molecular weight excluding hydrogens is 546 g/mol. The zero-order valence-electron chi connectivity index (χ0n) is 21.8. The molecule has 38 heavy (non-hydrogen) atoms. The Morgan fingerprint density at radius 2 is 2.03 bits per heavy atom. The van der Waals surface area contributed by atoms with E-state index in [1.807, 2.05) is 68.3 Å². The highest BCUT2D eigenvalue weighted by Gasteiger charge is 2.28.